The summed E-state index contributed by atoms with van der Waals surface area (Å²) >= 11 is 0. The molecule has 0 bridgehead atoms. The molecule has 0 atom stereocenters. The molecular weight excluding hydrogens is 314 g/mol. The van der Waals surface area contributed by atoms with Crippen molar-refractivity contribution in [2.45, 2.75) is 103 Å². The van der Waals surface area contributed by atoms with Crippen molar-refractivity contribution in [2.24, 2.45) is 0 Å². The SMILES string of the molecule is CN(CCCCCCCCCCCCCCCCCC=O)CC(=O)O. The minimum absolute atomic E-state index is 0.153. The fraction of sp³-hybridized carbons (Fsp3) is 0.905. The molecule has 0 saturated heterocycles. The number of nitrogens with zero attached hydrogens (tertiary/aromatic N) is 1. The Morgan fingerprint density at radius 3 is 1.44 bits per heavy atom. The van der Waals surface area contributed by atoms with Crippen LogP contribution in [-0.2, 0) is 9.59 Å². The average Bonchev–Trinajstić information content (AvgIpc) is 2.57. The molecule has 0 aliphatic carbocycles. The van der Waals surface area contributed by atoms with Gasteiger partial charge in [0, 0.05) is 6.42 Å². The molecule has 4 heteroatoms. The van der Waals surface area contributed by atoms with E-state index in [-0.39, 0.29) is 6.54 Å². The van der Waals surface area contributed by atoms with E-state index in [9.17, 15) is 9.59 Å². The number of unbranched alkanes of at least 4 members (excludes halogenated alkanes) is 15. The molecule has 0 aromatic carbocycles. The van der Waals surface area contributed by atoms with Crippen LogP contribution in [0.4, 0.5) is 0 Å². The topological polar surface area (TPSA) is 57.6 Å². The Bertz CT molecular complexity index is 308. The van der Waals surface area contributed by atoms with Gasteiger partial charge in [0.15, 0.2) is 0 Å². The summed E-state index contributed by atoms with van der Waals surface area (Å²) in [5.41, 5.74) is 0. The van der Waals surface area contributed by atoms with Gasteiger partial charge in [-0.1, -0.05) is 83.5 Å². The van der Waals surface area contributed by atoms with Crippen LogP contribution in [0.2, 0.25) is 0 Å². The lowest BCUT2D eigenvalue weighted by molar-refractivity contribution is -0.138. The summed E-state index contributed by atoms with van der Waals surface area (Å²) in [7, 11) is 1.88. The van der Waals surface area contributed by atoms with Gasteiger partial charge in [-0.25, -0.2) is 0 Å². The van der Waals surface area contributed by atoms with Crippen LogP contribution in [0.1, 0.15) is 103 Å². The number of aldehydes is 1. The lowest BCUT2D eigenvalue weighted by atomic mass is 10.0. The van der Waals surface area contributed by atoms with E-state index in [1.54, 1.807) is 0 Å². The number of likely N-dealkylation sites (N-methyl/N-ethyl adjacent to an activating group) is 1. The van der Waals surface area contributed by atoms with Gasteiger partial charge < -0.3 is 9.90 Å². The minimum Gasteiger partial charge on any atom is -0.480 e. The number of carboxylic acid groups (broad SMARTS) is 1. The minimum atomic E-state index is -0.739. The quantitative estimate of drug-likeness (QED) is 0.233. The van der Waals surface area contributed by atoms with Crippen molar-refractivity contribution in [2.75, 3.05) is 20.1 Å². The van der Waals surface area contributed by atoms with Crippen LogP contribution in [0.3, 0.4) is 0 Å². The van der Waals surface area contributed by atoms with Gasteiger partial charge in [0.1, 0.15) is 6.29 Å². The van der Waals surface area contributed by atoms with E-state index >= 15 is 0 Å². The molecule has 0 radical (unpaired) electrons. The normalized spacial score (nSPS) is 11.1. The third kappa shape index (κ3) is 21.1. The number of aliphatic carboxylic acids is 1. The maximum absolute atomic E-state index is 10.5. The number of rotatable bonds is 20. The number of carbonyl (C=O) groups is 2. The van der Waals surface area contributed by atoms with Crippen molar-refractivity contribution < 1.29 is 14.7 Å². The summed E-state index contributed by atoms with van der Waals surface area (Å²) in [4.78, 5) is 22.6. The molecule has 0 heterocycles. The molecule has 0 spiro atoms. The lowest BCUT2D eigenvalue weighted by Crippen LogP contribution is -2.26. The number of carbonyl (C=O) groups excluding carboxylic acids is 1. The first-order chi connectivity index (χ1) is 12.2. The third-order valence-electron chi connectivity index (χ3n) is 4.77. The third-order valence-corrected chi connectivity index (χ3v) is 4.77. The van der Waals surface area contributed by atoms with Gasteiger partial charge in [-0.05, 0) is 26.4 Å². The summed E-state index contributed by atoms with van der Waals surface area (Å²) in [6.07, 6.45) is 21.2. The van der Waals surface area contributed by atoms with Crippen LogP contribution in [-0.4, -0.2) is 42.4 Å². The van der Waals surface area contributed by atoms with E-state index in [0.29, 0.717) is 0 Å². The summed E-state index contributed by atoms with van der Waals surface area (Å²) in [6.45, 7) is 1.05. The Balaban J connectivity index is 3.07. The standard InChI is InChI=1S/C21H41NO3/c1-22(20-21(24)25)18-16-14-12-10-8-6-4-2-3-5-7-9-11-13-15-17-19-23/h19H,2-18,20H2,1H3,(H,24,25). The first-order valence-corrected chi connectivity index (χ1v) is 10.5. The monoisotopic (exact) mass is 355 g/mol. The van der Waals surface area contributed by atoms with Crippen molar-refractivity contribution in [3.05, 3.63) is 0 Å². The Kier molecular flexibility index (Phi) is 18.7. The first kappa shape index (κ1) is 24.1. The largest absolute Gasteiger partial charge is 0.480 e. The van der Waals surface area contributed by atoms with E-state index in [1.807, 2.05) is 11.9 Å². The molecule has 0 amide bonds. The van der Waals surface area contributed by atoms with Crippen LogP contribution in [0, 0.1) is 0 Å². The number of hydrogen-bond acceptors (Lipinski definition) is 3. The summed E-state index contributed by atoms with van der Waals surface area (Å²) in [5.74, 6) is -0.739. The van der Waals surface area contributed by atoms with Gasteiger partial charge in [-0.15, -0.1) is 0 Å². The lowest BCUT2D eigenvalue weighted by Gasteiger charge is -2.13. The number of hydrogen-bond donors (Lipinski definition) is 1. The summed E-state index contributed by atoms with van der Waals surface area (Å²) < 4.78 is 0. The van der Waals surface area contributed by atoms with E-state index in [2.05, 4.69) is 0 Å². The Morgan fingerprint density at radius 1 is 0.720 bits per heavy atom. The van der Waals surface area contributed by atoms with Gasteiger partial charge in [0.2, 0.25) is 0 Å². The molecule has 148 valence electrons. The van der Waals surface area contributed by atoms with E-state index in [0.717, 1.165) is 32.1 Å². The molecule has 4 nitrogen and oxygen atoms in total. The van der Waals surface area contributed by atoms with Crippen molar-refractivity contribution >= 4 is 12.3 Å². The highest BCUT2D eigenvalue weighted by Crippen LogP contribution is 2.13. The van der Waals surface area contributed by atoms with Gasteiger partial charge in [-0.2, -0.15) is 0 Å². The van der Waals surface area contributed by atoms with Crippen LogP contribution >= 0.6 is 0 Å². The predicted molar refractivity (Wildman–Crippen MR) is 105 cm³/mol. The second-order valence-corrected chi connectivity index (χ2v) is 7.39. The van der Waals surface area contributed by atoms with Crippen molar-refractivity contribution in [1.29, 1.82) is 0 Å². The zero-order valence-corrected chi connectivity index (χ0v) is 16.5. The molecule has 0 saturated carbocycles. The zero-order chi connectivity index (χ0) is 18.6. The van der Waals surface area contributed by atoms with E-state index < -0.39 is 5.97 Å². The Hall–Kier alpha value is -0.900. The van der Waals surface area contributed by atoms with E-state index in [4.69, 9.17) is 5.11 Å². The molecule has 1 N–H and O–H groups in total. The molecule has 0 fully saturated rings. The molecular formula is C21H41NO3. The van der Waals surface area contributed by atoms with Gasteiger partial charge in [0.05, 0.1) is 6.54 Å². The molecule has 25 heavy (non-hydrogen) atoms. The van der Waals surface area contributed by atoms with Crippen LogP contribution < -0.4 is 0 Å². The fourth-order valence-electron chi connectivity index (χ4n) is 3.22. The maximum atomic E-state index is 10.5. The highest BCUT2D eigenvalue weighted by Gasteiger charge is 2.02. The zero-order valence-electron chi connectivity index (χ0n) is 16.5. The average molecular weight is 356 g/mol. The Labute approximate surface area is 155 Å². The fourth-order valence-corrected chi connectivity index (χ4v) is 3.22. The van der Waals surface area contributed by atoms with Crippen LogP contribution in [0.15, 0.2) is 0 Å². The predicted octanol–water partition coefficient (Wildman–Crippen LogP) is 5.44. The number of carboxylic acids is 1. The highest BCUT2D eigenvalue weighted by molar-refractivity contribution is 5.68. The molecule has 0 aliphatic heterocycles. The second kappa shape index (κ2) is 19.4. The second-order valence-electron chi connectivity index (χ2n) is 7.39. The summed E-state index contributed by atoms with van der Waals surface area (Å²) in [5, 5.41) is 8.68. The van der Waals surface area contributed by atoms with Gasteiger partial charge >= 0.3 is 5.97 Å². The van der Waals surface area contributed by atoms with Crippen LogP contribution in [0.25, 0.3) is 0 Å². The molecule has 0 aliphatic rings. The highest BCUT2D eigenvalue weighted by atomic mass is 16.4. The molecule has 0 rings (SSSR count). The molecule has 0 aromatic rings. The Morgan fingerprint density at radius 2 is 1.08 bits per heavy atom. The molecule has 0 unspecified atom stereocenters. The smallest absolute Gasteiger partial charge is 0.317 e. The first-order valence-electron chi connectivity index (χ1n) is 10.5. The van der Waals surface area contributed by atoms with Crippen molar-refractivity contribution in [1.82, 2.24) is 4.90 Å². The van der Waals surface area contributed by atoms with Crippen molar-refractivity contribution in [3.63, 3.8) is 0 Å². The van der Waals surface area contributed by atoms with Crippen molar-refractivity contribution in [3.8, 4) is 0 Å². The van der Waals surface area contributed by atoms with Gasteiger partial charge in [-0.3, -0.25) is 9.69 Å². The van der Waals surface area contributed by atoms with Gasteiger partial charge in [0.25, 0.3) is 0 Å². The molecule has 0 aromatic heterocycles. The maximum Gasteiger partial charge on any atom is 0.317 e. The van der Waals surface area contributed by atoms with Crippen LogP contribution in [0.5, 0.6) is 0 Å². The van der Waals surface area contributed by atoms with E-state index in [1.165, 1.54) is 83.5 Å². The summed E-state index contributed by atoms with van der Waals surface area (Å²) in [6, 6.07) is 0.